The van der Waals surface area contributed by atoms with E-state index in [-0.39, 0.29) is 13.0 Å². The lowest BCUT2D eigenvalue weighted by atomic mass is 10.0. The molecule has 0 unspecified atom stereocenters. The number of esters is 1. The van der Waals surface area contributed by atoms with Crippen LogP contribution in [0.5, 0.6) is 5.75 Å². The summed E-state index contributed by atoms with van der Waals surface area (Å²) in [7, 11) is 1.51. The molecule has 0 aliphatic rings. The van der Waals surface area contributed by atoms with Gasteiger partial charge in [0.1, 0.15) is 5.75 Å². The summed E-state index contributed by atoms with van der Waals surface area (Å²) in [5, 5.41) is 3.19. The predicted octanol–water partition coefficient (Wildman–Crippen LogP) is 4.20. The SMILES string of the molecule is COc1ccc(Cl)cc1CC(=O)OCC(=O)Nc1ccc(C(C)C)cc1. The summed E-state index contributed by atoms with van der Waals surface area (Å²) in [6.45, 7) is 3.84. The molecule has 26 heavy (non-hydrogen) atoms. The van der Waals surface area contributed by atoms with E-state index < -0.39 is 11.9 Å². The van der Waals surface area contributed by atoms with Crippen LogP contribution in [0.3, 0.4) is 0 Å². The summed E-state index contributed by atoms with van der Waals surface area (Å²) in [4.78, 5) is 23.9. The van der Waals surface area contributed by atoms with Gasteiger partial charge in [-0.1, -0.05) is 37.6 Å². The molecule has 2 aromatic carbocycles. The van der Waals surface area contributed by atoms with Gasteiger partial charge in [-0.15, -0.1) is 0 Å². The van der Waals surface area contributed by atoms with E-state index in [2.05, 4.69) is 19.2 Å². The van der Waals surface area contributed by atoms with Crippen molar-refractivity contribution < 1.29 is 19.1 Å². The van der Waals surface area contributed by atoms with Crippen molar-refractivity contribution in [1.29, 1.82) is 0 Å². The van der Waals surface area contributed by atoms with Crippen LogP contribution in [0.15, 0.2) is 42.5 Å². The van der Waals surface area contributed by atoms with Crippen LogP contribution in [-0.2, 0) is 20.7 Å². The first kappa shape index (κ1) is 19.8. The third-order valence-corrected chi connectivity index (χ3v) is 4.04. The van der Waals surface area contributed by atoms with Crippen molar-refractivity contribution in [2.45, 2.75) is 26.2 Å². The zero-order chi connectivity index (χ0) is 19.1. The van der Waals surface area contributed by atoms with Gasteiger partial charge < -0.3 is 14.8 Å². The highest BCUT2D eigenvalue weighted by molar-refractivity contribution is 6.30. The van der Waals surface area contributed by atoms with Gasteiger partial charge in [0.05, 0.1) is 13.5 Å². The minimum Gasteiger partial charge on any atom is -0.496 e. The summed E-state index contributed by atoms with van der Waals surface area (Å²) in [6, 6.07) is 12.6. The molecule has 0 saturated carbocycles. The fourth-order valence-corrected chi connectivity index (χ4v) is 2.58. The molecule has 0 aliphatic carbocycles. The first-order valence-electron chi connectivity index (χ1n) is 8.27. The molecule has 0 heterocycles. The Morgan fingerprint density at radius 1 is 1.12 bits per heavy atom. The van der Waals surface area contributed by atoms with Gasteiger partial charge in [-0.05, 0) is 41.8 Å². The number of anilines is 1. The van der Waals surface area contributed by atoms with Gasteiger partial charge in [-0.2, -0.15) is 0 Å². The number of benzene rings is 2. The second-order valence-electron chi connectivity index (χ2n) is 6.12. The highest BCUT2D eigenvalue weighted by Crippen LogP contribution is 2.23. The lowest BCUT2D eigenvalue weighted by molar-refractivity contribution is -0.146. The Morgan fingerprint density at radius 2 is 1.81 bits per heavy atom. The number of carbonyl (C=O) groups is 2. The van der Waals surface area contributed by atoms with Gasteiger partial charge in [0.25, 0.3) is 5.91 Å². The molecule has 0 spiro atoms. The zero-order valence-electron chi connectivity index (χ0n) is 15.0. The number of ether oxygens (including phenoxy) is 2. The van der Waals surface area contributed by atoms with Crippen molar-refractivity contribution in [3.63, 3.8) is 0 Å². The molecule has 0 radical (unpaired) electrons. The van der Waals surface area contributed by atoms with Crippen LogP contribution in [0, 0.1) is 0 Å². The van der Waals surface area contributed by atoms with E-state index >= 15 is 0 Å². The molecule has 1 amide bonds. The van der Waals surface area contributed by atoms with Crippen LogP contribution >= 0.6 is 11.6 Å². The van der Waals surface area contributed by atoms with E-state index in [1.165, 1.54) is 12.7 Å². The number of rotatable bonds is 7. The number of carbonyl (C=O) groups excluding carboxylic acids is 2. The lowest BCUT2D eigenvalue weighted by Crippen LogP contribution is -2.21. The molecule has 2 rings (SSSR count). The van der Waals surface area contributed by atoms with E-state index in [4.69, 9.17) is 21.1 Å². The monoisotopic (exact) mass is 375 g/mol. The summed E-state index contributed by atoms with van der Waals surface area (Å²) < 4.78 is 10.2. The normalized spacial score (nSPS) is 10.5. The molecule has 1 N–H and O–H groups in total. The van der Waals surface area contributed by atoms with Crippen molar-refractivity contribution in [2.24, 2.45) is 0 Å². The molecule has 0 saturated heterocycles. The number of nitrogens with one attached hydrogen (secondary N) is 1. The molecule has 5 nitrogen and oxygen atoms in total. The average Bonchev–Trinajstić information content (AvgIpc) is 2.60. The first-order valence-corrected chi connectivity index (χ1v) is 8.64. The Kier molecular flexibility index (Phi) is 7.04. The van der Waals surface area contributed by atoms with Crippen LogP contribution in [0.1, 0.15) is 30.9 Å². The number of methoxy groups -OCH3 is 1. The maximum atomic E-state index is 12.0. The van der Waals surface area contributed by atoms with Gasteiger partial charge in [-0.25, -0.2) is 0 Å². The Hall–Kier alpha value is -2.53. The van der Waals surface area contributed by atoms with Crippen LogP contribution in [0.25, 0.3) is 0 Å². The maximum Gasteiger partial charge on any atom is 0.310 e. The van der Waals surface area contributed by atoms with Crippen LogP contribution < -0.4 is 10.1 Å². The van der Waals surface area contributed by atoms with Gasteiger partial charge in [0, 0.05) is 16.3 Å². The zero-order valence-corrected chi connectivity index (χ0v) is 15.8. The highest BCUT2D eigenvalue weighted by atomic mass is 35.5. The fraction of sp³-hybridized carbons (Fsp3) is 0.300. The molecule has 2 aromatic rings. The maximum absolute atomic E-state index is 12.0. The number of amides is 1. The third kappa shape index (κ3) is 5.77. The average molecular weight is 376 g/mol. The number of hydrogen-bond acceptors (Lipinski definition) is 4. The molecule has 0 fully saturated rings. The summed E-state index contributed by atoms with van der Waals surface area (Å²) in [6.07, 6.45) is -0.0277. The minimum atomic E-state index is -0.532. The van der Waals surface area contributed by atoms with Gasteiger partial charge >= 0.3 is 5.97 Å². The molecule has 0 atom stereocenters. The topological polar surface area (TPSA) is 64.6 Å². The Balaban J connectivity index is 1.85. The molecule has 138 valence electrons. The van der Waals surface area contributed by atoms with Crippen molar-refractivity contribution >= 4 is 29.2 Å². The van der Waals surface area contributed by atoms with Gasteiger partial charge in [0.15, 0.2) is 6.61 Å². The van der Waals surface area contributed by atoms with E-state index in [0.29, 0.717) is 27.9 Å². The quantitative estimate of drug-likeness (QED) is 0.737. The van der Waals surface area contributed by atoms with E-state index in [1.807, 2.05) is 24.3 Å². The van der Waals surface area contributed by atoms with Crippen molar-refractivity contribution in [2.75, 3.05) is 19.0 Å². The Bertz CT molecular complexity index is 772. The molecule has 0 bridgehead atoms. The number of hydrogen-bond donors (Lipinski definition) is 1. The number of halogens is 1. The summed E-state index contributed by atoms with van der Waals surface area (Å²) in [5.41, 5.74) is 2.45. The van der Waals surface area contributed by atoms with Gasteiger partial charge in [0.2, 0.25) is 0 Å². The first-order chi connectivity index (χ1) is 12.4. The van der Waals surface area contributed by atoms with E-state index in [9.17, 15) is 9.59 Å². The summed E-state index contributed by atoms with van der Waals surface area (Å²) in [5.74, 6) is 0.0369. The Morgan fingerprint density at radius 3 is 2.42 bits per heavy atom. The second kappa shape index (κ2) is 9.25. The van der Waals surface area contributed by atoms with Gasteiger partial charge in [-0.3, -0.25) is 9.59 Å². The minimum absolute atomic E-state index is 0.0277. The van der Waals surface area contributed by atoms with Crippen molar-refractivity contribution in [3.8, 4) is 5.75 Å². The fourth-order valence-electron chi connectivity index (χ4n) is 2.39. The second-order valence-corrected chi connectivity index (χ2v) is 6.55. The van der Waals surface area contributed by atoms with E-state index in [1.54, 1.807) is 18.2 Å². The Labute approximate surface area is 158 Å². The van der Waals surface area contributed by atoms with Crippen LogP contribution in [0.2, 0.25) is 5.02 Å². The molecule has 0 aliphatic heterocycles. The lowest BCUT2D eigenvalue weighted by Gasteiger charge is -2.10. The van der Waals surface area contributed by atoms with E-state index in [0.717, 1.165) is 0 Å². The van der Waals surface area contributed by atoms with Crippen molar-refractivity contribution in [1.82, 2.24) is 0 Å². The largest absolute Gasteiger partial charge is 0.496 e. The third-order valence-electron chi connectivity index (χ3n) is 3.80. The highest BCUT2D eigenvalue weighted by Gasteiger charge is 2.13. The summed E-state index contributed by atoms with van der Waals surface area (Å²) >= 11 is 5.93. The molecule has 6 heteroatoms. The van der Waals surface area contributed by atoms with Crippen molar-refractivity contribution in [3.05, 3.63) is 58.6 Å². The van der Waals surface area contributed by atoms with Crippen LogP contribution in [-0.4, -0.2) is 25.6 Å². The van der Waals surface area contributed by atoms with Crippen LogP contribution in [0.4, 0.5) is 5.69 Å². The molecular weight excluding hydrogens is 354 g/mol. The molecular formula is C20H22ClNO4. The standard InChI is InChI=1S/C20H22ClNO4/c1-13(2)14-4-7-17(8-5-14)22-19(23)12-26-20(24)11-15-10-16(21)6-9-18(15)25-3/h4-10,13H,11-12H2,1-3H3,(H,22,23). The smallest absolute Gasteiger partial charge is 0.310 e. The molecule has 0 aromatic heterocycles. The predicted molar refractivity (Wildman–Crippen MR) is 102 cm³/mol.